The van der Waals surface area contributed by atoms with Gasteiger partial charge in [0, 0.05) is 11.0 Å². The van der Waals surface area contributed by atoms with Gasteiger partial charge in [-0.05, 0) is 36.6 Å². The molecule has 0 unspecified atom stereocenters. The second-order valence-electron chi connectivity index (χ2n) is 5.01. The molecule has 0 saturated carbocycles. The Morgan fingerprint density at radius 2 is 2.04 bits per heavy atom. The number of amides is 1. The highest BCUT2D eigenvalue weighted by atomic mass is 32.2. The summed E-state index contributed by atoms with van der Waals surface area (Å²) in [5.74, 6) is -2.37. The third-order valence-corrected chi connectivity index (χ3v) is 4.12. The minimum atomic E-state index is -0.896. The first kappa shape index (κ1) is 16.9. The number of carbonyl (C=O) groups excluding carboxylic acids is 1. The van der Waals surface area contributed by atoms with Crippen molar-refractivity contribution >= 4 is 29.2 Å². The molecule has 1 aromatic heterocycles. The first-order valence-electron chi connectivity index (χ1n) is 7.11. The SMILES string of the molecule is CSc1cccc(-n2nnc(C(=O)Nc3ccc(F)cc3F)c2N)c1. The number of anilines is 2. The van der Waals surface area contributed by atoms with Crippen LogP contribution in [0.5, 0.6) is 0 Å². The number of aromatic nitrogens is 3. The van der Waals surface area contributed by atoms with E-state index in [0.29, 0.717) is 11.8 Å². The summed E-state index contributed by atoms with van der Waals surface area (Å²) in [6.07, 6.45) is 1.93. The molecule has 0 aliphatic heterocycles. The van der Waals surface area contributed by atoms with Gasteiger partial charge in [-0.2, -0.15) is 4.68 Å². The van der Waals surface area contributed by atoms with Gasteiger partial charge in [0.05, 0.1) is 11.4 Å². The van der Waals surface area contributed by atoms with E-state index in [1.807, 2.05) is 24.5 Å². The van der Waals surface area contributed by atoms with Crippen LogP contribution in [0, 0.1) is 11.6 Å². The Morgan fingerprint density at radius 1 is 1.24 bits per heavy atom. The van der Waals surface area contributed by atoms with Crippen LogP contribution in [-0.4, -0.2) is 27.2 Å². The van der Waals surface area contributed by atoms with E-state index in [9.17, 15) is 13.6 Å². The van der Waals surface area contributed by atoms with Crippen LogP contribution in [0.3, 0.4) is 0 Å². The smallest absolute Gasteiger partial charge is 0.280 e. The highest BCUT2D eigenvalue weighted by molar-refractivity contribution is 7.98. The van der Waals surface area contributed by atoms with Crippen LogP contribution < -0.4 is 11.1 Å². The largest absolute Gasteiger partial charge is 0.382 e. The van der Waals surface area contributed by atoms with Crippen molar-refractivity contribution in [2.75, 3.05) is 17.3 Å². The maximum absolute atomic E-state index is 13.7. The van der Waals surface area contributed by atoms with Gasteiger partial charge in [-0.3, -0.25) is 4.79 Å². The Morgan fingerprint density at radius 3 is 2.76 bits per heavy atom. The molecule has 128 valence electrons. The molecule has 9 heteroatoms. The van der Waals surface area contributed by atoms with Gasteiger partial charge in [-0.1, -0.05) is 11.3 Å². The summed E-state index contributed by atoms with van der Waals surface area (Å²) in [6.45, 7) is 0. The molecule has 0 spiro atoms. The minimum Gasteiger partial charge on any atom is -0.382 e. The molecular weight excluding hydrogens is 348 g/mol. The van der Waals surface area contributed by atoms with Gasteiger partial charge in [-0.15, -0.1) is 16.9 Å². The number of nitrogens with two attached hydrogens (primary N) is 1. The second kappa shape index (κ2) is 6.89. The Hall–Kier alpha value is -2.94. The molecule has 2 aromatic carbocycles. The molecule has 0 bridgehead atoms. The molecule has 3 aromatic rings. The summed E-state index contributed by atoms with van der Waals surface area (Å²) >= 11 is 1.55. The van der Waals surface area contributed by atoms with Gasteiger partial charge in [0.25, 0.3) is 5.91 Å². The van der Waals surface area contributed by atoms with Gasteiger partial charge in [0.1, 0.15) is 11.6 Å². The van der Waals surface area contributed by atoms with E-state index in [1.165, 1.54) is 4.68 Å². The van der Waals surface area contributed by atoms with E-state index in [4.69, 9.17) is 5.73 Å². The fourth-order valence-electron chi connectivity index (χ4n) is 2.16. The van der Waals surface area contributed by atoms with E-state index in [0.717, 1.165) is 17.0 Å². The van der Waals surface area contributed by atoms with Gasteiger partial charge in [0.15, 0.2) is 11.5 Å². The average Bonchev–Trinajstić information content (AvgIpc) is 2.99. The highest BCUT2D eigenvalue weighted by Gasteiger charge is 2.20. The predicted octanol–water partition coefficient (Wildman–Crippen LogP) is 3.10. The maximum Gasteiger partial charge on any atom is 0.280 e. The zero-order valence-corrected chi connectivity index (χ0v) is 13.8. The molecule has 6 nitrogen and oxygen atoms in total. The summed E-state index contributed by atoms with van der Waals surface area (Å²) in [4.78, 5) is 13.3. The molecule has 0 saturated heterocycles. The molecule has 0 atom stereocenters. The van der Waals surface area contributed by atoms with Gasteiger partial charge in [0.2, 0.25) is 0 Å². The van der Waals surface area contributed by atoms with Crippen LogP contribution in [0.2, 0.25) is 0 Å². The number of hydrogen-bond donors (Lipinski definition) is 2. The Balaban J connectivity index is 1.88. The molecule has 0 radical (unpaired) electrons. The van der Waals surface area contributed by atoms with Crippen molar-refractivity contribution in [1.29, 1.82) is 0 Å². The number of rotatable bonds is 4. The van der Waals surface area contributed by atoms with E-state index >= 15 is 0 Å². The number of hydrogen-bond acceptors (Lipinski definition) is 5. The fourth-order valence-corrected chi connectivity index (χ4v) is 2.61. The topological polar surface area (TPSA) is 85.8 Å². The molecule has 25 heavy (non-hydrogen) atoms. The third-order valence-electron chi connectivity index (χ3n) is 3.40. The Kier molecular flexibility index (Phi) is 4.66. The first-order chi connectivity index (χ1) is 12.0. The molecule has 0 aliphatic carbocycles. The van der Waals surface area contributed by atoms with Crippen LogP contribution in [0.25, 0.3) is 5.69 Å². The van der Waals surface area contributed by atoms with Gasteiger partial charge in [-0.25, -0.2) is 8.78 Å². The number of nitrogens with one attached hydrogen (secondary N) is 1. The zero-order chi connectivity index (χ0) is 18.0. The molecular formula is C16H13F2N5OS. The van der Waals surface area contributed by atoms with E-state index < -0.39 is 17.5 Å². The van der Waals surface area contributed by atoms with Crippen LogP contribution in [0.15, 0.2) is 47.4 Å². The van der Waals surface area contributed by atoms with Crippen LogP contribution >= 0.6 is 11.8 Å². The Bertz CT molecular complexity index is 944. The fraction of sp³-hybridized carbons (Fsp3) is 0.0625. The summed E-state index contributed by atoms with van der Waals surface area (Å²) < 4.78 is 27.9. The van der Waals surface area contributed by atoms with Crippen LogP contribution in [0.4, 0.5) is 20.3 Å². The average molecular weight is 361 g/mol. The second-order valence-corrected chi connectivity index (χ2v) is 5.89. The predicted molar refractivity (Wildman–Crippen MR) is 91.9 cm³/mol. The summed E-state index contributed by atoms with van der Waals surface area (Å²) in [5, 5.41) is 9.94. The highest BCUT2D eigenvalue weighted by Crippen LogP contribution is 2.22. The van der Waals surface area contributed by atoms with Crippen LogP contribution in [-0.2, 0) is 0 Å². The zero-order valence-electron chi connectivity index (χ0n) is 13.0. The summed E-state index contributed by atoms with van der Waals surface area (Å²) in [7, 11) is 0. The third kappa shape index (κ3) is 3.45. The van der Waals surface area contributed by atoms with E-state index in [1.54, 1.807) is 17.8 Å². The molecule has 3 N–H and O–H groups in total. The van der Waals surface area contributed by atoms with Crippen molar-refractivity contribution in [3.63, 3.8) is 0 Å². The number of thioether (sulfide) groups is 1. The molecule has 1 amide bonds. The lowest BCUT2D eigenvalue weighted by Gasteiger charge is -2.06. The van der Waals surface area contributed by atoms with Crippen molar-refractivity contribution in [2.45, 2.75) is 4.90 Å². The van der Waals surface area contributed by atoms with Crippen molar-refractivity contribution in [3.8, 4) is 5.69 Å². The lowest BCUT2D eigenvalue weighted by molar-refractivity contribution is 0.102. The number of nitrogens with zero attached hydrogens (tertiary/aromatic N) is 3. The lowest BCUT2D eigenvalue weighted by Crippen LogP contribution is -2.16. The van der Waals surface area contributed by atoms with Crippen molar-refractivity contribution in [3.05, 3.63) is 59.8 Å². The number of carbonyl (C=O) groups is 1. The molecule has 0 aliphatic rings. The van der Waals surface area contributed by atoms with E-state index in [2.05, 4.69) is 15.6 Å². The maximum atomic E-state index is 13.7. The number of halogens is 2. The minimum absolute atomic E-state index is 0.0123. The quantitative estimate of drug-likeness (QED) is 0.698. The van der Waals surface area contributed by atoms with Crippen molar-refractivity contribution < 1.29 is 13.6 Å². The molecule has 0 fully saturated rings. The summed E-state index contributed by atoms with van der Waals surface area (Å²) in [6, 6.07) is 10.2. The van der Waals surface area contributed by atoms with Crippen molar-refractivity contribution in [1.82, 2.24) is 15.0 Å². The first-order valence-corrected chi connectivity index (χ1v) is 8.34. The van der Waals surface area contributed by atoms with Crippen LogP contribution in [0.1, 0.15) is 10.5 Å². The van der Waals surface area contributed by atoms with Crippen molar-refractivity contribution in [2.24, 2.45) is 0 Å². The molecule has 1 heterocycles. The number of nitrogen functional groups attached to an aromatic ring is 1. The van der Waals surface area contributed by atoms with Gasteiger partial charge < -0.3 is 11.1 Å². The standard InChI is InChI=1S/C16H13F2N5OS/c1-25-11-4-2-3-10(8-11)23-15(19)14(21-22-23)16(24)20-13-6-5-9(17)7-12(13)18/h2-8H,19H2,1H3,(H,20,24). The Labute approximate surface area is 146 Å². The summed E-state index contributed by atoms with van der Waals surface area (Å²) in [5.41, 5.74) is 6.27. The normalized spacial score (nSPS) is 10.7. The van der Waals surface area contributed by atoms with Gasteiger partial charge >= 0.3 is 0 Å². The number of benzene rings is 2. The van der Waals surface area contributed by atoms with E-state index in [-0.39, 0.29) is 17.2 Å². The monoisotopic (exact) mass is 361 g/mol. The molecule has 3 rings (SSSR count). The lowest BCUT2D eigenvalue weighted by atomic mass is 10.2.